The SMILES string of the molecule is COc1ccc(/C=C2/C(=O)NC(=O)N(c3ccccc3)C2=O)cc1. The molecule has 0 unspecified atom stereocenters. The lowest BCUT2D eigenvalue weighted by molar-refractivity contribution is -0.122. The quantitative estimate of drug-likeness (QED) is 0.695. The molecule has 1 N–H and O–H groups in total. The number of rotatable bonds is 3. The van der Waals surface area contributed by atoms with Crippen molar-refractivity contribution in [1.82, 2.24) is 5.32 Å². The molecule has 1 aliphatic heterocycles. The van der Waals surface area contributed by atoms with Gasteiger partial charge in [0.15, 0.2) is 0 Å². The third kappa shape index (κ3) is 2.89. The van der Waals surface area contributed by atoms with Crippen LogP contribution < -0.4 is 15.0 Å². The number of imide groups is 2. The molecule has 2 aromatic rings. The molecule has 0 radical (unpaired) electrons. The third-order valence-electron chi connectivity index (χ3n) is 3.54. The van der Waals surface area contributed by atoms with Crippen molar-refractivity contribution in [1.29, 1.82) is 0 Å². The first-order valence-electron chi connectivity index (χ1n) is 7.20. The van der Waals surface area contributed by atoms with Gasteiger partial charge in [-0.1, -0.05) is 30.3 Å². The number of benzene rings is 2. The van der Waals surface area contributed by atoms with Crippen LogP contribution >= 0.6 is 0 Å². The van der Waals surface area contributed by atoms with Crippen LogP contribution in [0.1, 0.15) is 5.56 Å². The van der Waals surface area contributed by atoms with E-state index in [1.807, 2.05) is 0 Å². The van der Waals surface area contributed by atoms with Crippen molar-refractivity contribution in [2.24, 2.45) is 0 Å². The summed E-state index contributed by atoms with van der Waals surface area (Å²) in [6.45, 7) is 0. The second-order valence-corrected chi connectivity index (χ2v) is 5.07. The Morgan fingerprint density at radius 1 is 0.958 bits per heavy atom. The van der Waals surface area contributed by atoms with Crippen molar-refractivity contribution in [3.05, 3.63) is 65.7 Å². The fourth-order valence-corrected chi connectivity index (χ4v) is 2.34. The van der Waals surface area contributed by atoms with Gasteiger partial charge in [0.1, 0.15) is 11.3 Å². The van der Waals surface area contributed by atoms with Crippen LogP contribution in [0.5, 0.6) is 5.75 Å². The van der Waals surface area contributed by atoms with Crippen molar-refractivity contribution in [3.8, 4) is 5.75 Å². The third-order valence-corrected chi connectivity index (χ3v) is 3.54. The maximum atomic E-state index is 12.6. The molecule has 0 spiro atoms. The highest BCUT2D eigenvalue weighted by molar-refractivity contribution is 6.39. The Kier molecular flexibility index (Phi) is 4.11. The van der Waals surface area contributed by atoms with E-state index in [0.717, 1.165) is 4.90 Å². The number of hydrogen-bond acceptors (Lipinski definition) is 4. The molecule has 0 atom stereocenters. The van der Waals surface area contributed by atoms with Crippen LogP contribution in [-0.4, -0.2) is 25.0 Å². The van der Waals surface area contributed by atoms with Gasteiger partial charge < -0.3 is 4.74 Å². The van der Waals surface area contributed by atoms with Crippen molar-refractivity contribution in [2.75, 3.05) is 12.0 Å². The molecular formula is C18H14N2O4. The van der Waals surface area contributed by atoms with Crippen molar-refractivity contribution < 1.29 is 19.1 Å². The van der Waals surface area contributed by atoms with Crippen molar-refractivity contribution in [2.45, 2.75) is 0 Å². The number of nitrogens with zero attached hydrogens (tertiary/aromatic N) is 1. The monoisotopic (exact) mass is 322 g/mol. The molecule has 4 amide bonds. The summed E-state index contributed by atoms with van der Waals surface area (Å²) in [6.07, 6.45) is 1.44. The highest BCUT2D eigenvalue weighted by Crippen LogP contribution is 2.22. The molecule has 6 heteroatoms. The van der Waals surface area contributed by atoms with E-state index in [4.69, 9.17) is 4.74 Å². The Hall–Kier alpha value is -3.41. The van der Waals surface area contributed by atoms with Gasteiger partial charge >= 0.3 is 6.03 Å². The fourth-order valence-electron chi connectivity index (χ4n) is 2.34. The number of para-hydroxylation sites is 1. The van der Waals surface area contributed by atoms with E-state index in [2.05, 4.69) is 5.32 Å². The molecule has 0 bridgehead atoms. The van der Waals surface area contributed by atoms with Crippen molar-refractivity contribution >= 4 is 29.6 Å². The number of amides is 4. The lowest BCUT2D eigenvalue weighted by Gasteiger charge is -2.26. The van der Waals surface area contributed by atoms with Crippen LogP contribution in [-0.2, 0) is 9.59 Å². The van der Waals surface area contributed by atoms with Crippen LogP contribution in [0.3, 0.4) is 0 Å². The fraction of sp³-hybridized carbons (Fsp3) is 0.0556. The van der Waals surface area contributed by atoms with Gasteiger partial charge in [0.25, 0.3) is 11.8 Å². The molecule has 3 rings (SSSR count). The Labute approximate surface area is 138 Å². The van der Waals surface area contributed by atoms with Crippen LogP contribution in [0, 0.1) is 0 Å². The average Bonchev–Trinajstić information content (AvgIpc) is 2.60. The predicted molar refractivity (Wildman–Crippen MR) is 88.4 cm³/mol. The van der Waals surface area contributed by atoms with E-state index < -0.39 is 17.8 Å². The van der Waals surface area contributed by atoms with Gasteiger partial charge in [0.2, 0.25) is 0 Å². The first-order valence-corrected chi connectivity index (χ1v) is 7.20. The number of carbonyl (C=O) groups excluding carboxylic acids is 3. The first-order chi connectivity index (χ1) is 11.6. The van der Waals surface area contributed by atoms with Crippen LogP contribution in [0.2, 0.25) is 0 Å². The van der Waals surface area contributed by atoms with E-state index in [9.17, 15) is 14.4 Å². The molecule has 1 aliphatic rings. The zero-order valence-corrected chi connectivity index (χ0v) is 12.9. The normalized spacial score (nSPS) is 16.3. The number of methoxy groups -OCH3 is 1. The Morgan fingerprint density at radius 3 is 2.25 bits per heavy atom. The summed E-state index contributed by atoms with van der Waals surface area (Å²) in [6, 6.07) is 14.5. The summed E-state index contributed by atoms with van der Waals surface area (Å²) in [5.41, 5.74) is 0.938. The number of barbiturate groups is 1. The highest BCUT2D eigenvalue weighted by atomic mass is 16.5. The minimum atomic E-state index is -0.761. The van der Waals surface area contributed by atoms with Gasteiger partial charge in [-0.15, -0.1) is 0 Å². The second kappa shape index (κ2) is 6.37. The van der Waals surface area contributed by atoms with Crippen LogP contribution in [0.4, 0.5) is 10.5 Å². The van der Waals surface area contributed by atoms with Crippen LogP contribution in [0.25, 0.3) is 6.08 Å². The molecular weight excluding hydrogens is 308 g/mol. The maximum absolute atomic E-state index is 12.6. The molecule has 0 aromatic heterocycles. The van der Waals surface area contributed by atoms with Gasteiger partial charge in [0, 0.05) is 0 Å². The standard InChI is InChI=1S/C18H14N2O4/c1-24-14-9-7-12(8-10-14)11-15-16(21)19-18(23)20(17(15)22)13-5-3-2-4-6-13/h2-11H,1H3,(H,19,21,23)/b15-11-. The van der Waals surface area contributed by atoms with Crippen molar-refractivity contribution in [3.63, 3.8) is 0 Å². The molecule has 120 valence electrons. The van der Waals surface area contributed by atoms with E-state index in [-0.39, 0.29) is 5.57 Å². The molecule has 24 heavy (non-hydrogen) atoms. The number of anilines is 1. The van der Waals surface area contributed by atoms with E-state index in [1.54, 1.807) is 61.7 Å². The van der Waals surface area contributed by atoms with E-state index in [0.29, 0.717) is 17.0 Å². The molecule has 1 heterocycles. The number of nitrogens with one attached hydrogen (secondary N) is 1. The first kappa shape index (κ1) is 15.5. The molecule has 1 fully saturated rings. The number of urea groups is 1. The largest absolute Gasteiger partial charge is 0.497 e. The van der Waals surface area contributed by atoms with Gasteiger partial charge in [-0.25, -0.2) is 9.69 Å². The van der Waals surface area contributed by atoms with Crippen LogP contribution in [0.15, 0.2) is 60.2 Å². The molecule has 1 saturated heterocycles. The maximum Gasteiger partial charge on any atom is 0.335 e. The smallest absolute Gasteiger partial charge is 0.335 e. The van der Waals surface area contributed by atoms with Gasteiger partial charge in [-0.3, -0.25) is 14.9 Å². The van der Waals surface area contributed by atoms with Gasteiger partial charge in [-0.05, 0) is 35.9 Å². The number of ether oxygens (including phenoxy) is 1. The Morgan fingerprint density at radius 2 is 1.62 bits per heavy atom. The van der Waals surface area contributed by atoms with E-state index >= 15 is 0 Å². The number of carbonyl (C=O) groups is 3. The zero-order chi connectivity index (χ0) is 17.1. The minimum absolute atomic E-state index is 0.108. The lowest BCUT2D eigenvalue weighted by atomic mass is 10.1. The summed E-state index contributed by atoms with van der Waals surface area (Å²) < 4.78 is 5.07. The molecule has 0 aliphatic carbocycles. The number of hydrogen-bond donors (Lipinski definition) is 1. The minimum Gasteiger partial charge on any atom is -0.497 e. The van der Waals surface area contributed by atoms with Gasteiger partial charge in [0.05, 0.1) is 12.8 Å². The summed E-state index contributed by atoms with van der Waals surface area (Å²) in [4.78, 5) is 37.6. The Bertz CT molecular complexity index is 826. The molecule has 6 nitrogen and oxygen atoms in total. The highest BCUT2D eigenvalue weighted by Gasteiger charge is 2.36. The molecule has 2 aromatic carbocycles. The predicted octanol–water partition coefficient (Wildman–Crippen LogP) is 2.36. The lowest BCUT2D eigenvalue weighted by Crippen LogP contribution is -2.54. The summed E-state index contributed by atoms with van der Waals surface area (Å²) >= 11 is 0. The second-order valence-electron chi connectivity index (χ2n) is 5.07. The van der Waals surface area contributed by atoms with Gasteiger partial charge in [-0.2, -0.15) is 0 Å². The Balaban J connectivity index is 1.97. The summed E-state index contributed by atoms with van der Waals surface area (Å²) in [5.74, 6) is -0.712. The zero-order valence-electron chi connectivity index (χ0n) is 12.9. The summed E-state index contributed by atoms with van der Waals surface area (Å²) in [5, 5.41) is 2.19. The molecule has 0 saturated carbocycles. The topological polar surface area (TPSA) is 75.7 Å². The summed E-state index contributed by atoms with van der Waals surface area (Å²) in [7, 11) is 1.55. The average molecular weight is 322 g/mol. The van der Waals surface area contributed by atoms with E-state index in [1.165, 1.54) is 6.08 Å².